The molecule has 1 fully saturated rings. The lowest BCUT2D eigenvalue weighted by atomic mass is 10.1. The average molecular weight is 393 g/mol. The Morgan fingerprint density at radius 3 is 3.00 bits per heavy atom. The van der Waals surface area contributed by atoms with Crippen molar-refractivity contribution < 1.29 is 19.1 Å². The fourth-order valence-corrected chi connectivity index (χ4v) is 3.61. The number of nitrogen functional groups attached to an aromatic ring is 1. The highest BCUT2D eigenvalue weighted by Gasteiger charge is 2.26. The van der Waals surface area contributed by atoms with Gasteiger partial charge in [0.25, 0.3) is 11.9 Å². The molecule has 9 heteroatoms. The molecule has 1 aliphatic heterocycles. The highest BCUT2D eigenvalue weighted by Crippen LogP contribution is 2.26. The number of aromatic nitrogens is 3. The third kappa shape index (κ3) is 3.10. The van der Waals surface area contributed by atoms with E-state index in [0.29, 0.717) is 42.1 Å². The van der Waals surface area contributed by atoms with Gasteiger partial charge in [-0.3, -0.25) is 9.20 Å². The first-order chi connectivity index (χ1) is 14.1. The van der Waals surface area contributed by atoms with Gasteiger partial charge in [-0.25, -0.2) is 4.98 Å². The van der Waals surface area contributed by atoms with Gasteiger partial charge < -0.3 is 24.9 Å². The molecule has 0 saturated carbocycles. The van der Waals surface area contributed by atoms with Gasteiger partial charge >= 0.3 is 0 Å². The number of carbonyl (C=O) groups excluding carboxylic acids is 1. The van der Waals surface area contributed by atoms with Crippen LogP contribution in [-0.4, -0.2) is 62.7 Å². The van der Waals surface area contributed by atoms with Crippen molar-refractivity contribution in [2.24, 2.45) is 0 Å². The third-order valence-electron chi connectivity index (χ3n) is 5.09. The summed E-state index contributed by atoms with van der Waals surface area (Å²) in [5.74, 6) is -0.144. The van der Waals surface area contributed by atoms with Gasteiger partial charge in [0.1, 0.15) is 16.9 Å². The molecule has 1 unspecified atom stereocenters. The number of pyridine rings is 1. The summed E-state index contributed by atoms with van der Waals surface area (Å²) in [5.41, 5.74) is 9.87. The minimum atomic E-state index is -0.358. The van der Waals surface area contributed by atoms with Crippen LogP contribution >= 0.6 is 0 Å². The number of morpholine rings is 1. The molecule has 29 heavy (non-hydrogen) atoms. The zero-order chi connectivity index (χ0) is 20.0. The van der Waals surface area contributed by atoms with Crippen LogP contribution in [0.4, 0.5) is 6.01 Å². The fourth-order valence-electron chi connectivity index (χ4n) is 3.61. The van der Waals surface area contributed by atoms with Gasteiger partial charge in [-0.1, -0.05) is 6.07 Å². The van der Waals surface area contributed by atoms with Gasteiger partial charge in [0, 0.05) is 19.3 Å². The molecule has 1 aliphatic rings. The van der Waals surface area contributed by atoms with Crippen molar-refractivity contribution in [1.82, 2.24) is 19.3 Å². The molecule has 5 rings (SSSR count). The van der Waals surface area contributed by atoms with Crippen molar-refractivity contribution in [2.75, 3.05) is 32.0 Å². The van der Waals surface area contributed by atoms with Gasteiger partial charge in [0.2, 0.25) is 0 Å². The molecule has 4 heterocycles. The summed E-state index contributed by atoms with van der Waals surface area (Å²) < 4.78 is 12.6. The van der Waals surface area contributed by atoms with E-state index >= 15 is 0 Å². The van der Waals surface area contributed by atoms with Crippen molar-refractivity contribution in [3.63, 3.8) is 0 Å². The Kier molecular flexibility index (Phi) is 4.18. The molecule has 1 atom stereocenters. The van der Waals surface area contributed by atoms with E-state index in [0.717, 1.165) is 11.1 Å². The van der Waals surface area contributed by atoms with Gasteiger partial charge in [-0.15, -0.1) is 0 Å². The number of imidazole rings is 1. The molecule has 1 saturated heterocycles. The Hall–Kier alpha value is -3.43. The number of nitrogens with two attached hydrogens (primary N) is 1. The largest absolute Gasteiger partial charge is 0.424 e. The molecule has 9 nitrogen and oxygen atoms in total. The second kappa shape index (κ2) is 6.87. The molecular weight excluding hydrogens is 374 g/mol. The number of anilines is 1. The summed E-state index contributed by atoms with van der Waals surface area (Å²) in [6.07, 6.45) is 3.09. The van der Waals surface area contributed by atoms with Gasteiger partial charge in [0.15, 0.2) is 5.58 Å². The van der Waals surface area contributed by atoms with E-state index in [1.807, 2.05) is 36.5 Å². The lowest BCUT2D eigenvalue weighted by molar-refractivity contribution is -0.0448. The van der Waals surface area contributed by atoms with Crippen LogP contribution < -0.4 is 5.73 Å². The van der Waals surface area contributed by atoms with Crippen molar-refractivity contribution in [2.45, 2.75) is 6.10 Å². The Morgan fingerprint density at radius 2 is 2.14 bits per heavy atom. The Bertz CT molecular complexity index is 1210. The van der Waals surface area contributed by atoms with Crippen molar-refractivity contribution in [3.8, 4) is 11.1 Å². The van der Waals surface area contributed by atoms with E-state index < -0.39 is 0 Å². The number of hydrogen-bond donors (Lipinski definition) is 2. The summed E-state index contributed by atoms with van der Waals surface area (Å²) >= 11 is 0. The first-order valence-corrected chi connectivity index (χ1v) is 9.27. The van der Waals surface area contributed by atoms with Crippen LogP contribution in [0.25, 0.3) is 27.9 Å². The number of aliphatic hydroxyl groups is 1. The van der Waals surface area contributed by atoms with Gasteiger partial charge in [-0.05, 0) is 35.4 Å². The average Bonchev–Trinajstić information content (AvgIpc) is 3.34. The predicted octanol–water partition coefficient (Wildman–Crippen LogP) is 1.56. The first kappa shape index (κ1) is 17.7. The SMILES string of the molecule is Nc1nc2ccc(-c3ccc4ncc(C(=O)N5CCOC(CO)C5)n4c3)cc2o1. The van der Waals surface area contributed by atoms with Crippen LogP contribution in [0.5, 0.6) is 0 Å². The maximum Gasteiger partial charge on any atom is 0.292 e. The van der Waals surface area contributed by atoms with E-state index in [-0.39, 0.29) is 24.6 Å². The highest BCUT2D eigenvalue weighted by atomic mass is 16.5. The second-order valence-corrected chi connectivity index (χ2v) is 6.95. The van der Waals surface area contributed by atoms with E-state index in [1.165, 1.54) is 0 Å². The molecule has 0 radical (unpaired) electrons. The molecule has 148 valence electrons. The number of benzene rings is 1. The summed E-state index contributed by atoms with van der Waals surface area (Å²) in [5, 5.41) is 9.33. The van der Waals surface area contributed by atoms with E-state index in [2.05, 4.69) is 9.97 Å². The molecule has 0 aliphatic carbocycles. The zero-order valence-corrected chi connectivity index (χ0v) is 15.5. The van der Waals surface area contributed by atoms with E-state index in [4.69, 9.17) is 14.9 Å². The quantitative estimate of drug-likeness (QED) is 0.542. The highest BCUT2D eigenvalue weighted by molar-refractivity contribution is 5.93. The standard InChI is InChI=1S/C20H19N5O4/c21-20-23-15-3-1-12(7-17(15)29-20)13-2-4-18-22-8-16(25(18)9-13)19(27)24-5-6-28-14(10-24)11-26/h1-4,7-9,14,26H,5-6,10-11H2,(H2,21,23). The topological polar surface area (TPSA) is 119 Å². The molecule has 1 amide bonds. The maximum atomic E-state index is 13.1. The smallest absolute Gasteiger partial charge is 0.292 e. The number of rotatable bonds is 3. The Labute approximate surface area is 165 Å². The summed E-state index contributed by atoms with van der Waals surface area (Å²) in [6, 6.07) is 9.57. The zero-order valence-electron chi connectivity index (χ0n) is 15.5. The number of fused-ring (bicyclic) bond motifs is 2. The number of nitrogens with zero attached hydrogens (tertiary/aromatic N) is 4. The molecule has 0 bridgehead atoms. The van der Waals surface area contributed by atoms with Crippen molar-refractivity contribution >= 4 is 28.7 Å². The maximum absolute atomic E-state index is 13.1. The summed E-state index contributed by atoms with van der Waals surface area (Å²) in [6.45, 7) is 1.12. The molecule has 1 aromatic carbocycles. The number of aliphatic hydroxyl groups excluding tert-OH is 1. The Balaban J connectivity index is 1.52. The van der Waals surface area contributed by atoms with Crippen LogP contribution in [-0.2, 0) is 4.74 Å². The van der Waals surface area contributed by atoms with E-state index in [9.17, 15) is 9.90 Å². The van der Waals surface area contributed by atoms with Gasteiger partial charge in [-0.2, -0.15) is 4.98 Å². The molecule has 4 aromatic rings. The van der Waals surface area contributed by atoms with Gasteiger partial charge in [0.05, 0.1) is 25.5 Å². The monoisotopic (exact) mass is 393 g/mol. The van der Waals surface area contributed by atoms with Crippen LogP contribution in [0, 0.1) is 0 Å². The van der Waals surface area contributed by atoms with Crippen molar-refractivity contribution in [3.05, 3.63) is 48.4 Å². The van der Waals surface area contributed by atoms with Crippen molar-refractivity contribution in [1.29, 1.82) is 0 Å². The van der Waals surface area contributed by atoms with Crippen LogP contribution in [0.15, 0.2) is 47.1 Å². The minimum Gasteiger partial charge on any atom is -0.424 e. The number of oxazole rings is 1. The normalized spacial score (nSPS) is 17.3. The lowest BCUT2D eigenvalue weighted by Crippen LogP contribution is -2.47. The number of hydrogen-bond acceptors (Lipinski definition) is 7. The second-order valence-electron chi connectivity index (χ2n) is 6.95. The number of amides is 1. The molecule has 3 aromatic heterocycles. The number of ether oxygens (including phenoxy) is 1. The molecule has 0 spiro atoms. The fraction of sp³-hybridized carbons (Fsp3) is 0.250. The summed E-state index contributed by atoms with van der Waals surface area (Å²) in [7, 11) is 0. The van der Waals surface area contributed by atoms with Crippen LogP contribution in [0.2, 0.25) is 0 Å². The van der Waals surface area contributed by atoms with Crippen LogP contribution in [0.3, 0.4) is 0 Å². The minimum absolute atomic E-state index is 0.115. The first-order valence-electron chi connectivity index (χ1n) is 9.27. The number of carbonyl (C=O) groups is 1. The lowest BCUT2D eigenvalue weighted by Gasteiger charge is -2.31. The van der Waals surface area contributed by atoms with Crippen LogP contribution in [0.1, 0.15) is 10.5 Å². The van der Waals surface area contributed by atoms with E-state index in [1.54, 1.807) is 15.5 Å². The predicted molar refractivity (Wildman–Crippen MR) is 105 cm³/mol. The molecule has 3 N–H and O–H groups in total. The Morgan fingerprint density at radius 1 is 1.28 bits per heavy atom. The third-order valence-corrected chi connectivity index (χ3v) is 5.09. The summed E-state index contributed by atoms with van der Waals surface area (Å²) in [4.78, 5) is 23.2. The molecular formula is C20H19N5O4.